The molecule has 2 aliphatic rings. The minimum atomic E-state index is 0.423. The summed E-state index contributed by atoms with van der Waals surface area (Å²) in [6.07, 6.45) is 9.79. The lowest BCUT2D eigenvalue weighted by atomic mass is 9.89. The normalized spacial score (nSPS) is 22.8. The number of fused-ring (bicyclic) bond motifs is 1. The highest BCUT2D eigenvalue weighted by molar-refractivity contribution is 6.00. The van der Waals surface area contributed by atoms with Gasteiger partial charge in [-0.05, 0) is 61.9 Å². The Morgan fingerprint density at radius 3 is 2.43 bits per heavy atom. The third-order valence-electron chi connectivity index (χ3n) is 8.14. The lowest BCUT2D eigenvalue weighted by molar-refractivity contribution is 0.103. The Labute approximate surface area is 218 Å². The summed E-state index contributed by atoms with van der Waals surface area (Å²) in [7, 11) is 0. The molecule has 0 amide bonds. The summed E-state index contributed by atoms with van der Waals surface area (Å²) in [4.78, 5) is 11.7. The predicted octanol–water partition coefficient (Wildman–Crippen LogP) is 5.64. The van der Waals surface area contributed by atoms with Crippen LogP contribution in [0.4, 0.5) is 5.82 Å². The van der Waals surface area contributed by atoms with Gasteiger partial charge in [-0.25, -0.2) is 9.97 Å². The molecule has 1 saturated heterocycles. The zero-order valence-electron chi connectivity index (χ0n) is 21.5. The second kappa shape index (κ2) is 10.5. The molecule has 1 aliphatic heterocycles. The number of nitrogens with one attached hydrogen (secondary N) is 1. The number of hydrogen-bond acceptors (Lipinski definition) is 6. The first-order valence-electron chi connectivity index (χ1n) is 13.6. The third-order valence-corrected chi connectivity index (χ3v) is 8.14. The van der Waals surface area contributed by atoms with Crippen LogP contribution in [0.3, 0.4) is 0 Å². The van der Waals surface area contributed by atoms with Crippen LogP contribution in [-0.2, 0) is 0 Å². The highest BCUT2D eigenvalue weighted by Crippen LogP contribution is 2.39. The fraction of sp³-hybridized carbons (Fsp3) is 0.400. The smallest absolute Gasteiger partial charge is 0.146 e. The van der Waals surface area contributed by atoms with Crippen LogP contribution in [0.15, 0.2) is 67.1 Å². The molecule has 192 valence electrons. The maximum atomic E-state index is 6.41. The van der Waals surface area contributed by atoms with Crippen LogP contribution < -0.4 is 15.8 Å². The molecule has 6 rings (SSSR count). The van der Waals surface area contributed by atoms with E-state index in [-0.39, 0.29) is 0 Å². The Hall–Kier alpha value is -3.42. The number of nitrogens with two attached hydrogens (primary N) is 1. The molecule has 3 heterocycles. The van der Waals surface area contributed by atoms with Gasteiger partial charge in [-0.2, -0.15) is 0 Å². The van der Waals surface area contributed by atoms with Gasteiger partial charge in [0.05, 0.1) is 5.39 Å². The van der Waals surface area contributed by atoms with E-state index in [4.69, 9.17) is 15.5 Å². The van der Waals surface area contributed by atoms with Crippen molar-refractivity contribution in [2.45, 2.75) is 57.2 Å². The molecule has 3 N–H and O–H groups in total. The Kier molecular flexibility index (Phi) is 6.81. The van der Waals surface area contributed by atoms with Gasteiger partial charge in [0, 0.05) is 49.5 Å². The summed E-state index contributed by atoms with van der Waals surface area (Å²) in [5.41, 5.74) is 9.51. The summed E-state index contributed by atoms with van der Waals surface area (Å²) in [6.45, 7) is 5.73. The monoisotopic (exact) mass is 496 g/mol. The summed E-state index contributed by atoms with van der Waals surface area (Å²) in [5.74, 6) is 2.16. The molecule has 1 atom stereocenters. The molecule has 2 aromatic carbocycles. The molecular weight excluding hydrogens is 460 g/mol. The van der Waals surface area contributed by atoms with E-state index in [1.54, 1.807) is 6.33 Å². The van der Waals surface area contributed by atoms with Gasteiger partial charge in [0.1, 0.15) is 29.3 Å². The summed E-state index contributed by atoms with van der Waals surface area (Å²) in [5, 5.41) is 4.59. The van der Waals surface area contributed by atoms with Crippen molar-refractivity contribution >= 4 is 16.9 Å². The lowest BCUT2D eigenvalue weighted by Crippen LogP contribution is -2.54. The van der Waals surface area contributed by atoms with E-state index in [0.29, 0.717) is 23.9 Å². The minimum absolute atomic E-state index is 0.423. The molecular formula is C30H36N6O. The van der Waals surface area contributed by atoms with Crippen LogP contribution in [0.25, 0.3) is 22.2 Å². The first kappa shape index (κ1) is 23.9. The standard InChI is InChI=1S/C30H36N6O/c1-2-22-18-35(17-16-32-22)23-10-12-24(13-11-23)36-19-27(28-29(31)33-20-34-30(28)36)21-8-14-26(15-9-21)37-25-6-4-3-5-7-25/h3-9,14-15,19-20,22-24,32H,2,10-13,16-18H2,1H3,(H2,31,33,34)/t22-,23?,24?/m0/s1. The van der Waals surface area contributed by atoms with Gasteiger partial charge in [-0.15, -0.1) is 0 Å². The molecule has 4 aromatic rings. The third kappa shape index (κ3) is 4.93. The van der Waals surface area contributed by atoms with Crippen molar-refractivity contribution < 1.29 is 4.74 Å². The van der Waals surface area contributed by atoms with E-state index in [2.05, 4.69) is 45.0 Å². The zero-order chi connectivity index (χ0) is 25.2. The van der Waals surface area contributed by atoms with Crippen LogP contribution in [0.5, 0.6) is 11.5 Å². The van der Waals surface area contributed by atoms with Crippen molar-refractivity contribution in [1.29, 1.82) is 0 Å². The number of aromatic nitrogens is 3. The van der Waals surface area contributed by atoms with Crippen molar-refractivity contribution in [3.05, 3.63) is 67.1 Å². The SMILES string of the molecule is CC[C@H]1CN(C2CCC(n3cc(-c4ccc(Oc5ccccc5)cc4)c4c(N)ncnc43)CC2)CCN1. The van der Waals surface area contributed by atoms with Crippen LogP contribution >= 0.6 is 0 Å². The maximum absolute atomic E-state index is 6.41. The minimum Gasteiger partial charge on any atom is -0.457 e. The number of anilines is 1. The van der Waals surface area contributed by atoms with Gasteiger partial charge in [-0.3, -0.25) is 4.90 Å². The number of para-hydroxylation sites is 1. The van der Waals surface area contributed by atoms with E-state index in [1.165, 1.54) is 25.8 Å². The Morgan fingerprint density at radius 1 is 0.946 bits per heavy atom. The molecule has 2 fully saturated rings. The van der Waals surface area contributed by atoms with Crippen molar-refractivity contribution in [2.24, 2.45) is 0 Å². The summed E-state index contributed by atoms with van der Waals surface area (Å²) in [6, 6.07) is 19.8. The van der Waals surface area contributed by atoms with E-state index in [1.807, 2.05) is 42.5 Å². The molecule has 0 unspecified atom stereocenters. The van der Waals surface area contributed by atoms with E-state index >= 15 is 0 Å². The lowest BCUT2D eigenvalue weighted by Gasteiger charge is -2.42. The Bertz CT molecular complexity index is 1330. The second-order valence-electron chi connectivity index (χ2n) is 10.4. The fourth-order valence-electron chi connectivity index (χ4n) is 6.09. The molecule has 0 bridgehead atoms. The average Bonchev–Trinajstić information content (AvgIpc) is 3.35. The van der Waals surface area contributed by atoms with Gasteiger partial charge in [-0.1, -0.05) is 37.3 Å². The molecule has 1 saturated carbocycles. The van der Waals surface area contributed by atoms with Gasteiger partial charge in [0.25, 0.3) is 0 Å². The number of piperazine rings is 1. The van der Waals surface area contributed by atoms with Gasteiger partial charge in [0.2, 0.25) is 0 Å². The van der Waals surface area contributed by atoms with Gasteiger partial charge >= 0.3 is 0 Å². The van der Waals surface area contributed by atoms with Crippen molar-refractivity contribution in [3.63, 3.8) is 0 Å². The zero-order valence-corrected chi connectivity index (χ0v) is 21.5. The maximum Gasteiger partial charge on any atom is 0.146 e. The molecule has 37 heavy (non-hydrogen) atoms. The average molecular weight is 497 g/mol. The largest absolute Gasteiger partial charge is 0.457 e. The van der Waals surface area contributed by atoms with E-state index in [0.717, 1.165) is 59.6 Å². The highest BCUT2D eigenvalue weighted by atomic mass is 16.5. The number of benzene rings is 2. The quantitative estimate of drug-likeness (QED) is 0.360. The van der Waals surface area contributed by atoms with Crippen LogP contribution in [0.2, 0.25) is 0 Å². The van der Waals surface area contributed by atoms with Crippen molar-refractivity contribution in [3.8, 4) is 22.6 Å². The van der Waals surface area contributed by atoms with Crippen LogP contribution in [0.1, 0.15) is 45.1 Å². The van der Waals surface area contributed by atoms with E-state index < -0.39 is 0 Å². The first-order chi connectivity index (χ1) is 18.2. The molecule has 0 radical (unpaired) electrons. The molecule has 7 heteroatoms. The molecule has 7 nitrogen and oxygen atoms in total. The van der Waals surface area contributed by atoms with Gasteiger partial charge in [0.15, 0.2) is 0 Å². The van der Waals surface area contributed by atoms with Gasteiger partial charge < -0.3 is 20.4 Å². The van der Waals surface area contributed by atoms with Crippen molar-refractivity contribution in [2.75, 3.05) is 25.4 Å². The molecule has 2 aromatic heterocycles. The fourth-order valence-corrected chi connectivity index (χ4v) is 6.09. The predicted molar refractivity (Wildman–Crippen MR) is 149 cm³/mol. The number of ether oxygens (including phenoxy) is 1. The van der Waals surface area contributed by atoms with Crippen LogP contribution in [-0.4, -0.2) is 51.2 Å². The Morgan fingerprint density at radius 2 is 1.68 bits per heavy atom. The molecule has 0 spiro atoms. The summed E-state index contributed by atoms with van der Waals surface area (Å²) < 4.78 is 8.35. The number of rotatable bonds is 6. The van der Waals surface area contributed by atoms with E-state index in [9.17, 15) is 0 Å². The summed E-state index contributed by atoms with van der Waals surface area (Å²) >= 11 is 0. The highest BCUT2D eigenvalue weighted by Gasteiger charge is 2.30. The number of nitrogen functional groups attached to an aromatic ring is 1. The Balaban J connectivity index is 1.23. The molecule has 1 aliphatic carbocycles. The topological polar surface area (TPSA) is 81.2 Å². The second-order valence-corrected chi connectivity index (χ2v) is 10.4. The number of hydrogen-bond donors (Lipinski definition) is 2. The van der Waals surface area contributed by atoms with Crippen LogP contribution in [0, 0.1) is 0 Å². The van der Waals surface area contributed by atoms with Crippen molar-refractivity contribution in [1.82, 2.24) is 24.8 Å². The number of nitrogens with zero attached hydrogens (tertiary/aromatic N) is 4. The first-order valence-corrected chi connectivity index (χ1v) is 13.6.